The maximum atomic E-state index is 12.1. The second-order valence-corrected chi connectivity index (χ2v) is 5.98. The summed E-state index contributed by atoms with van der Waals surface area (Å²) in [5.74, 6) is 1.02. The molecule has 0 radical (unpaired) electrons. The van der Waals surface area contributed by atoms with Gasteiger partial charge in [-0.2, -0.15) is 0 Å². The second kappa shape index (κ2) is 8.52. The molecule has 126 valence electrons. The molecule has 1 amide bonds. The Balaban J connectivity index is 0.00000192. The van der Waals surface area contributed by atoms with Crippen LogP contribution in [0.15, 0.2) is 29.3 Å². The largest absolute Gasteiger partial charge is 0.355 e. The summed E-state index contributed by atoms with van der Waals surface area (Å²) in [6, 6.07) is 8.56. The van der Waals surface area contributed by atoms with E-state index in [0.29, 0.717) is 25.6 Å². The molecule has 0 bridgehead atoms. The molecular formula is C17H25IN4O. The van der Waals surface area contributed by atoms with E-state index >= 15 is 0 Å². The van der Waals surface area contributed by atoms with Gasteiger partial charge in [-0.25, -0.2) is 0 Å². The number of aliphatic imine (C=N–C) groups is 1. The van der Waals surface area contributed by atoms with E-state index in [0.717, 1.165) is 17.2 Å². The monoisotopic (exact) mass is 428 g/mol. The van der Waals surface area contributed by atoms with Gasteiger partial charge in [-0.3, -0.25) is 9.79 Å². The Morgan fingerprint density at radius 3 is 2.78 bits per heavy atom. The van der Waals surface area contributed by atoms with Crippen LogP contribution in [0, 0.1) is 0 Å². The van der Waals surface area contributed by atoms with Gasteiger partial charge in [-0.1, -0.05) is 31.0 Å². The van der Waals surface area contributed by atoms with Gasteiger partial charge in [-0.15, -0.1) is 24.0 Å². The summed E-state index contributed by atoms with van der Waals surface area (Å²) in [6.07, 6.45) is 5.56. The van der Waals surface area contributed by atoms with Crippen molar-refractivity contribution in [2.75, 3.05) is 25.0 Å². The number of anilines is 1. The van der Waals surface area contributed by atoms with E-state index in [1.807, 2.05) is 29.2 Å². The molecule has 0 atom stereocenters. The molecule has 23 heavy (non-hydrogen) atoms. The first-order valence-electron chi connectivity index (χ1n) is 8.13. The van der Waals surface area contributed by atoms with Crippen molar-refractivity contribution >= 4 is 41.5 Å². The number of fused-ring (bicyclic) bond motifs is 1. The highest BCUT2D eigenvalue weighted by atomic mass is 127. The molecule has 0 unspecified atom stereocenters. The zero-order valence-corrected chi connectivity index (χ0v) is 15.9. The fourth-order valence-corrected chi connectivity index (χ4v) is 3.31. The van der Waals surface area contributed by atoms with E-state index in [1.165, 1.54) is 25.7 Å². The highest BCUT2D eigenvalue weighted by Gasteiger charge is 2.26. The molecule has 1 fully saturated rings. The number of rotatable bonds is 4. The molecule has 3 rings (SSSR count). The number of carbonyl (C=O) groups is 1. The summed E-state index contributed by atoms with van der Waals surface area (Å²) in [7, 11) is 1.79. The van der Waals surface area contributed by atoms with Gasteiger partial charge in [0.05, 0.1) is 6.42 Å². The number of guanidine groups is 1. The fraction of sp³-hybridized carbons (Fsp3) is 0.529. The lowest BCUT2D eigenvalue weighted by atomic mass is 10.2. The summed E-state index contributed by atoms with van der Waals surface area (Å²) in [6.45, 7) is 1.37. The van der Waals surface area contributed by atoms with Crippen LogP contribution in [0.5, 0.6) is 0 Å². The molecule has 6 heteroatoms. The summed E-state index contributed by atoms with van der Waals surface area (Å²) in [5, 5.41) is 6.78. The summed E-state index contributed by atoms with van der Waals surface area (Å²) in [4.78, 5) is 18.2. The molecule has 5 nitrogen and oxygen atoms in total. The van der Waals surface area contributed by atoms with Gasteiger partial charge in [0.25, 0.3) is 0 Å². The van der Waals surface area contributed by atoms with E-state index in [9.17, 15) is 4.79 Å². The lowest BCUT2D eigenvalue weighted by Crippen LogP contribution is -2.45. The van der Waals surface area contributed by atoms with E-state index in [4.69, 9.17) is 0 Å². The highest BCUT2D eigenvalue weighted by Crippen LogP contribution is 2.27. The molecule has 0 saturated heterocycles. The maximum absolute atomic E-state index is 12.1. The standard InChI is InChI=1S/C17H24N4O.HI/c1-18-17(20-14-7-3-4-8-14)19-10-11-21-15-9-5-2-6-13(15)12-16(21)22;/h2,5-6,9,14H,3-4,7-8,10-12H2,1H3,(H2,18,19,20);1H. The van der Waals surface area contributed by atoms with Crippen molar-refractivity contribution in [1.82, 2.24) is 10.6 Å². The lowest BCUT2D eigenvalue weighted by Gasteiger charge is -2.20. The molecule has 2 N–H and O–H groups in total. The summed E-state index contributed by atoms with van der Waals surface area (Å²) >= 11 is 0. The van der Waals surface area contributed by atoms with Crippen LogP contribution >= 0.6 is 24.0 Å². The number of nitrogens with zero attached hydrogens (tertiary/aromatic N) is 2. The average Bonchev–Trinajstić information content (AvgIpc) is 3.14. The van der Waals surface area contributed by atoms with Crippen molar-refractivity contribution in [3.63, 3.8) is 0 Å². The third-order valence-electron chi connectivity index (χ3n) is 4.47. The van der Waals surface area contributed by atoms with Gasteiger partial charge in [0, 0.05) is 31.9 Å². The van der Waals surface area contributed by atoms with Gasteiger partial charge in [0.1, 0.15) is 0 Å². The molecule has 0 aromatic heterocycles. The normalized spacial score (nSPS) is 17.9. The molecule has 1 saturated carbocycles. The second-order valence-electron chi connectivity index (χ2n) is 5.98. The minimum atomic E-state index is 0. The Morgan fingerprint density at radius 2 is 2.04 bits per heavy atom. The van der Waals surface area contributed by atoms with E-state index in [2.05, 4.69) is 15.6 Å². The molecule has 1 aliphatic heterocycles. The van der Waals surface area contributed by atoms with E-state index in [1.54, 1.807) is 7.05 Å². The van der Waals surface area contributed by atoms with Crippen molar-refractivity contribution in [2.45, 2.75) is 38.1 Å². The number of halogens is 1. The van der Waals surface area contributed by atoms with Crippen molar-refractivity contribution in [3.05, 3.63) is 29.8 Å². The Labute approximate surface area is 154 Å². The smallest absolute Gasteiger partial charge is 0.231 e. The SMILES string of the molecule is CN=C(NCCN1C(=O)Cc2ccccc21)NC1CCCC1.I. The Bertz CT molecular complexity index is 569. The third kappa shape index (κ3) is 4.37. The van der Waals surface area contributed by atoms with Crippen LogP contribution in [0.2, 0.25) is 0 Å². The van der Waals surface area contributed by atoms with Crippen molar-refractivity contribution in [1.29, 1.82) is 0 Å². The third-order valence-corrected chi connectivity index (χ3v) is 4.47. The lowest BCUT2D eigenvalue weighted by molar-refractivity contribution is -0.117. The highest BCUT2D eigenvalue weighted by molar-refractivity contribution is 14.0. The Hall–Kier alpha value is -1.31. The Morgan fingerprint density at radius 1 is 1.30 bits per heavy atom. The van der Waals surface area contributed by atoms with Gasteiger partial charge in [-0.05, 0) is 24.5 Å². The van der Waals surface area contributed by atoms with E-state index < -0.39 is 0 Å². The number of amides is 1. The molecule has 1 aromatic rings. The quantitative estimate of drug-likeness (QED) is 0.440. The van der Waals surface area contributed by atoms with Crippen LogP contribution in [-0.4, -0.2) is 38.0 Å². The van der Waals surface area contributed by atoms with Crippen LogP contribution in [-0.2, 0) is 11.2 Å². The van der Waals surface area contributed by atoms with Crippen LogP contribution in [0.25, 0.3) is 0 Å². The maximum Gasteiger partial charge on any atom is 0.231 e. The molecule has 1 aliphatic carbocycles. The van der Waals surface area contributed by atoms with Crippen LogP contribution in [0.3, 0.4) is 0 Å². The minimum absolute atomic E-state index is 0. The van der Waals surface area contributed by atoms with Crippen LogP contribution in [0.1, 0.15) is 31.2 Å². The summed E-state index contributed by atoms with van der Waals surface area (Å²) < 4.78 is 0. The first-order valence-corrected chi connectivity index (χ1v) is 8.13. The molecule has 1 aromatic carbocycles. The number of hydrogen-bond acceptors (Lipinski definition) is 2. The Kier molecular flexibility index (Phi) is 6.68. The number of benzene rings is 1. The zero-order valence-electron chi connectivity index (χ0n) is 13.5. The first-order chi connectivity index (χ1) is 10.8. The predicted molar refractivity (Wildman–Crippen MR) is 105 cm³/mol. The van der Waals surface area contributed by atoms with Crippen molar-refractivity contribution in [2.24, 2.45) is 4.99 Å². The van der Waals surface area contributed by atoms with E-state index in [-0.39, 0.29) is 29.9 Å². The molecular weight excluding hydrogens is 403 g/mol. The van der Waals surface area contributed by atoms with Crippen LogP contribution in [0.4, 0.5) is 5.69 Å². The van der Waals surface area contributed by atoms with Crippen molar-refractivity contribution < 1.29 is 4.79 Å². The predicted octanol–water partition coefficient (Wildman–Crippen LogP) is 2.30. The molecule has 0 spiro atoms. The minimum Gasteiger partial charge on any atom is -0.355 e. The number of nitrogens with one attached hydrogen (secondary N) is 2. The first kappa shape index (κ1) is 18.0. The molecule has 1 heterocycles. The fourth-order valence-electron chi connectivity index (χ4n) is 3.31. The summed E-state index contributed by atoms with van der Waals surface area (Å²) in [5.41, 5.74) is 2.18. The van der Waals surface area contributed by atoms with Crippen molar-refractivity contribution in [3.8, 4) is 0 Å². The van der Waals surface area contributed by atoms with Gasteiger partial charge in [0.2, 0.25) is 5.91 Å². The molecule has 2 aliphatic rings. The number of hydrogen-bond donors (Lipinski definition) is 2. The average molecular weight is 428 g/mol. The zero-order chi connectivity index (χ0) is 15.4. The van der Waals surface area contributed by atoms with Gasteiger partial charge < -0.3 is 15.5 Å². The topological polar surface area (TPSA) is 56.7 Å². The van der Waals surface area contributed by atoms with Gasteiger partial charge in [0.15, 0.2) is 5.96 Å². The number of para-hydroxylation sites is 1. The van der Waals surface area contributed by atoms with Crippen LogP contribution < -0.4 is 15.5 Å². The number of carbonyl (C=O) groups excluding carboxylic acids is 1. The van der Waals surface area contributed by atoms with Gasteiger partial charge >= 0.3 is 0 Å².